The first-order valence-electron chi connectivity index (χ1n) is 5.67. The molecule has 5 heteroatoms. The number of amides is 1. The Balaban J connectivity index is 2.10. The first-order valence-corrected chi connectivity index (χ1v) is 5.67. The van der Waals surface area contributed by atoms with E-state index >= 15 is 0 Å². The van der Waals surface area contributed by atoms with Crippen molar-refractivity contribution in [2.75, 3.05) is 6.61 Å². The molecule has 2 aromatic rings. The van der Waals surface area contributed by atoms with E-state index in [0.717, 1.165) is 5.56 Å². The third-order valence-electron chi connectivity index (χ3n) is 2.64. The number of rotatable bonds is 4. The van der Waals surface area contributed by atoms with Gasteiger partial charge in [-0.2, -0.15) is 5.10 Å². The molecule has 0 aliphatic rings. The molecule has 1 heterocycles. The maximum Gasteiger partial charge on any atom is 0.272 e. The second kappa shape index (κ2) is 5.46. The van der Waals surface area contributed by atoms with Crippen molar-refractivity contribution in [2.45, 2.75) is 6.04 Å². The molecule has 2 N–H and O–H groups in total. The molecule has 18 heavy (non-hydrogen) atoms. The van der Waals surface area contributed by atoms with E-state index in [0.29, 0.717) is 5.69 Å². The largest absolute Gasteiger partial charge is 0.394 e. The third kappa shape index (κ3) is 2.75. The van der Waals surface area contributed by atoms with E-state index in [2.05, 4.69) is 10.4 Å². The van der Waals surface area contributed by atoms with Crippen LogP contribution in [-0.4, -0.2) is 27.4 Å². The lowest BCUT2D eigenvalue weighted by Gasteiger charge is -2.15. The van der Waals surface area contributed by atoms with Gasteiger partial charge in [0.2, 0.25) is 0 Å². The summed E-state index contributed by atoms with van der Waals surface area (Å²) in [5.41, 5.74) is 1.20. The predicted octanol–water partition coefficient (Wildman–Crippen LogP) is 0.883. The summed E-state index contributed by atoms with van der Waals surface area (Å²) < 4.78 is 1.56. The number of aryl methyl sites for hydroxylation is 1. The average Bonchev–Trinajstić information content (AvgIpc) is 2.83. The molecule has 1 aromatic heterocycles. The Kier molecular flexibility index (Phi) is 3.74. The van der Waals surface area contributed by atoms with Gasteiger partial charge in [0.15, 0.2) is 0 Å². The summed E-state index contributed by atoms with van der Waals surface area (Å²) in [7, 11) is 1.75. The fraction of sp³-hybridized carbons (Fsp3) is 0.231. The van der Waals surface area contributed by atoms with Crippen molar-refractivity contribution >= 4 is 5.91 Å². The second-order valence-corrected chi connectivity index (χ2v) is 3.99. The van der Waals surface area contributed by atoms with E-state index in [1.807, 2.05) is 30.3 Å². The highest BCUT2D eigenvalue weighted by Gasteiger charge is 2.16. The zero-order chi connectivity index (χ0) is 13.0. The van der Waals surface area contributed by atoms with Gasteiger partial charge in [-0.05, 0) is 11.6 Å². The lowest BCUT2D eigenvalue weighted by molar-refractivity contribution is 0.0910. The van der Waals surface area contributed by atoms with Crippen LogP contribution in [0, 0.1) is 0 Å². The number of carbonyl (C=O) groups is 1. The van der Waals surface area contributed by atoms with Crippen LogP contribution in [0.4, 0.5) is 0 Å². The van der Waals surface area contributed by atoms with Gasteiger partial charge in [0, 0.05) is 13.2 Å². The molecule has 0 saturated carbocycles. The maximum atomic E-state index is 11.9. The number of nitrogens with zero attached hydrogens (tertiary/aromatic N) is 2. The summed E-state index contributed by atoms with van der Waals surface area (Å²) in [6.45, 7) is -0.150. The Morgan fingerprint density at radius 2 is 2.11 bits per heavy atom. The molecule has 0 saturated heterocycles. The van der Waals surface area contributed by atoms with Crippen LogP contribution >= 0.6 is 0 Å². The summed E-state index contributed by atoms with van der Waals surface area (Å²) in [6, 6.07) is 10.6. The first kappa shape index (κ1) is 12.3. The average molecular weight is 245 g/mol. The molecule has 0 spiro atoms. The van der Waals surface area contributed by atoms with E-state index in [9.17, 15) is 9.90 Å². The highest BCUT2D eigenvalue weighted by Crippen LogP contribution is 2.12. The lowest BCUT2D eigenvalue weighted by Crippen LogP contribution is -2.31. The SMILES string of the molecule is Cn1ccc(C(=O)N[C@H](CO)c2ccccc2)n1. The summed E-state index contributed by atoms with van der Waals surface area (Å²) in [5, 5.41) is 16.1. The Bertz CT molecular complexity index is 522. The quantitative estimate of drug-likeness (QED) is 0.840. The fourth-order valence-corrected chi connectivity index (χ4v) is 1.69. The maximum absolute atomic E-state index is 11.9. The van der Waals surface area contributed by atoms with Gasteiger partial charge >= 0.3 is 0 Å². The fourth-order valence-electron chi connectivity index (χ4n) is 1.69. The predicted molar refractivity (Wildman–Crippen MR) is 66.9 cm³/mol. The molecular formula is C13H15N3O2. The number of benzene rings is 1. The van der Waals surface area contributed by atoms with Crippen molar-refractivity contribution in [2.24, 2.45) is 7.05 Å². The minimum absolute atomic E-state index is 0.150. The number of hydrogen-bond acceptors (Lipinski definition) is 3. The van der Waals surface area contributed by atoms with Crippen molar-refractivity contribution in [3.8, 4) is 0 Å². The van der Waals surface area contributed by atoms with Crippen LogP contribution in [0.1, 0.15) is 22.1 Å². The van der Waals surface area contributed by atoms with Gasteiger partial charge < -0.3 is 10.4 Å². The van der Waals surface area contributed by atoms with Crippen LogP contribution in [0.5, 0.6) is 0 Å². The Morgan fingerprint density at radius 3 is 2.67 bits per heavy atom. The molecule has 5 nitrogen and oxygen atoms in total. The van der Waals surface area contributed by atoms with Gasteiger partial charge in [0.1, 0.15) is 5.69 Å². The van der Waals surface area contributed by atoms with Crippen LogP contribution in [0.25, 0.3) is 0 Å². The highest BCUT2D eigenvalue weighted by molar-refractivity contribution is 5.92. The molecule has 0 aliphatic carbocycles. The van der Waals surface area contributed by atoms with Crippen molar-refractivity contribution in [1.82, 2.24) is 15.1 Å². The number of aliphatic hydroxyl groups excluding tert-OH is 1. The van der Waals surface area contributed by atoms with E-state index in [1.54, 1.807) is 24.0 Å². The zero-order valence-corrected chi connectivity index (χ0v) is 10.1. The van der Waals surface area contributed by atoms with Crippen LogP contribution in [0.2, 0.25) is 0 Å². The summed E-state index contributed by atoms with van der Waals surface area (Å²) >= 11 is 0. The summed E-state index contributed by atoms with van der Waals surface area (Å²) in [4.78, 5) is 11.9. The number of aromatic nitrogens is 2. The molecule has 0 bridgehead atoms. The Hall–Kier alpha value is -2.14. The van der Waals surface area contributed by atoms with Gasteiger partial charge in [-0.1, -0.05) is 30.3 Å². The smallest absolute Gasteiger partial charge is 0.272 e. The van der Waals surface area contributed by atoms with Crippen molar-refractivity contribution in [1.29, 1.82) is 0 Å². The molecule has 2 rings (SSSR count). The van der Waals surface area contributed by atoms with E-state index in [1.165, 1.54) is 0 Å². The van der Waals surface area contributed by atoms with Gasteiger partial charge in [0.25, 0.3) is 5.91 Å². The van der Waals surface area contributed by atoms with E-state index in [4.69, 9.17) is 0 Å². The summed E-state index contributed by atoms with van der Waals surface area (Å²) in [5.74, 6) is -0.293. The van der Waals surface area contributed by atoms with Crippen molar-refractivity contribution in [3.63, 3.8) is 0 Å². The molecular weight excluding hydrogens is 230 g/mol. The summed E-state index contributed by atoms with van der Waals surface area (Å²) in [6.07, 6.45) is 1.70. The molecule has 0 aliphatic heterocycles. The topological polar surface area (TPSA) is 67.2 Å². The molecule has 1 aromatic carbocycles. The zero-order valence-electron chi connectivity index (χ0n) is 10.1. The molecule has 0 unspecified atom stereocenters. The van der Waals surface area contributed by atoms with Crippen LogP contribution in [-0.2, 0) is 7.05 Å². The standard InChI is InChI=1S/C13H15N3O2/c1-16-8-7-11(15-16)13(18)14-12(9-17)10-5-3-2-4-6-10/h2-8,12,17H,9H2,1H3,(H,14,18)/t12-/m1/s1. The van der Waals surface area contributed by atoms with Gasteiger partial charge in [-0.25, -0.2) is 0 Å². The van der Waals surface area contributed by atoms with E-state index < -0.39 is 6.04 Å². The second-order valence-electron chi connectivity index (χ2n) is 3.99. The van der Waals surface area contributed by atoms with Crippen LogP contribution in [0.15, 0.2) is 42.6 Å². The van der Waals surface area contributed by atoms with Gasteiger partial charge in [-0.15, -0.1) is 0 Å². The van der Waals surface area contributed by atoms with Crippen LogP contribution < -0.4 is 5.32 Å². The molecule has 94 valence electrons. The highest BCUT2D eigenvalue weighted by atomic mass is 16.3. The van der Waals surface area contributed by atoms with Crippen LogP contribution in [0.3, 0.4) is 0 Å². The number of hydrogen-bond donors (Lipinski definition) is 2. The Labute approximate surface area is 105 Å². The molecule has 0 radical (unpaired) electrons. The normalized spacial score (nSPS) is 12.1. The number of nitrogens with one attached hydrogen (secondary N) is 1. The first-order chi connectivity index (χ1) is 8.70. The number of carbonyl (C=O) groups excluding carboxylic acids is 1. The number of aliphatic hydroxyl groups is 1. The molecule has 1 amide bonds. The van der Waals surface area contributed by atoms with Gasteiger partial charge in [0.05, 0.1) is 12.6 Å². The van der Waals surface area contributed by atoms with E-state index in [-0.39, 0.29) is 12.5 Å². The minimum atomic E-state index is -0.416. The molecule has 0 fully saturated rings. The monoisotopic (exact) mass is 245 g/mol. The van der Waals surface area contributed by atoms with Crippen molar-refractivity contribution < 1.29 is 9.90 Å². The molecule has 1 atom stereocenters. The minimum Gasteiger partial charge on any atom is -0.394 e. The van der Waals surface area contributed by atoms with Crippen molar-refractivity contribution in [3.05, 3.63) is 53.9 Å². The Morgan fingerprint density at radius 1 is 1.39 bits per heavy atom. The lowest BCUT2D eigenvalue weighted by atomic mass is 10.1. The third-order valence-corrected chi connectivity index (χ3v) is 2.64. The van der Waals surface area contributed by atoms with Gasteiger partial charge in [-0.3, -0.25) is 9.48 Å².